The first-order valence-electron chi connectivity index (χ1n) is 6.50. The molecule has 1 N–H and O–H groups in total. The fourth-order valence-corrected chi connectivity index (χ4v) is 3.13. The van der Waals surface area contributed by atoms with Gasteiger partial charge < -0.3 is 10.0 Å². The zero-order valence-electron chi connectivity index (χ0n) is 12.4. The Morgan fingerprint density at radius 2 is 2.20 bits per heavy atom. The summed E-state index contributed by atoms with van der Waals surface area (Å²) >= 11 is 3.01. The number of thioether (sulfide) groups is 2. The number of aliphatic carboxylic acids is 1. The van der Waals surface area contributed by atoms with Crippen LogP contribution in [0.2, 0.25) is 0 Å². The Bertz CT molecular complexity index is 439. The molecule has 8 heteroatoms. The Kier molecular flexibility index (Phi) is 7.22. The van der Waals surface area contributed by atoms with Gasteiger partial charge in [-0.15, -0.1) is 10.2 Å². The van der Waals surface area contributed by atoms with E-state index < -0.39 is 5.97 Å². The molecule has 1 heterocycles. The van der Waals surface area contributed by atoms with Crippen molar-refractivity contribution in [1.82, 2.24) is 14.8 Å². The summed E-state index contributed by atoms with van der Waals surface area (Å²) in [5, 5.41) is 17.8. The number of carboxylic acids is 1. The van der Waals surface area contributed by atoms with E-state index >= 15 is 0 Å². The van der Waals surface area contributed by atoms with E-state index in [9.17, 15) is 4.79 Å². The lowest BCUT2D eigenvalue weighted by Gasteiger charge is -2.25. The maximum Gasteiger partial charge on any atom is 0.313 e. The van der Waals surface area contributed by atoms with E-state index in [1.165, 1.54) is 11.8 Å². The van der Waals surface area contributed by atoms with Crippen molar-refractivity contribution < 1.29 is 9.90 Å². The normalized spacial score (nSPS) is 12.4. The zero-order valence-corrected chi connectivity index (χ0v) is 14.0. The number of carbonyl (C=O) groups is 1. The highest BCUT2D eigenvalue weighted by Crippen LogP contribution is 2.23. The lowest BCUT2D eigenvalue weighted by atomic mass is 10.3. The molecule has 1 aromatic heterocycles. The van der Waals surface area contributed by atoms with Crippen LogP contribution < -0.4 is 4.90 Å². The van der Waals surface area contributed by atoms with Gasteiger partial charge in [-0.2, -0.15) is 11.8 Å². The van der Waals surface area contributed by atoms with Gasteiger partial charge in [0.1, 0.15) is 0 Å². The monoisotopic (exact) mass is 318 g/mol. The van der Waals surface area contributed by atoms with Crippen molar-refractivity contribution in [2.75, 3.05) is 29.7 Å². The molecule has 0 saturated heterocycles. The molecule has 0 fully saturated rings. The number of anilines is 1. The summed E-state index contributed by atoms with van der Waals surface area (Å²) < 4.78 is 2.00. The standard InChI is InChI=1S/C12H22N4O2S2/c1-5-6-16-11(15(3)9(2)7-19-4)13-14-12(16)20-8-10(17)18/h9H,5-8H2,1-4H3,(H,17,18). The summed E-state index contributed by atoms with van der Waals surface area (Å²) in [7, 11) is 2.00. The van der Waals surface area contributed by atoms with Crippen LogP contribution in [0.5, 0.6) is 0 Å². The summed E-state index contributed by atoms with van der Waals surface area (Å²) in [6.07, 6.45) is 3.03. The van der Waals surface area contributed by atoms with Crippen molar-refractivity contribution in [3.8, 4) is 0 Å². The van der Waals surface area contributed by atoms with Gasteiger partial charge in [-0.3, -0.25) is 9.36 Å². The smallest absolute Gasteiger partial charge is 0.313 e. The van der Waals surface area contributed by atoms with Crippen molar-refractivity contribution >= 4 is 35.4 Å². The Balaban J connectivity index is 2.92. The van der Waals surface area contributed by atoms with Crippen LogP contribution in [0.4, 0.5) is 5.95 Å². The molecule has 1 atom stereocenters. The summed E-state index contributed by atoms with van der Waals surface area (Å²) in [6.45, 7) is 5.02. The Morgan fingerprint density at radius 3 is 2.75 bits per heavy atom. The van der Waals surface area contributed by atoms with Crippen molar-refractivity contribution in [2.45, 2.75) is 38.0 Å². The van der Waals surface area contributed by atoms with E-state index in [-0.39, 0.29) is 5.75 Å². The molecule has 1 aromatic rings. The zero-order chi connectivity index (χ0) is 15.1. The molecule has 0 amide bonds. The van der Waals surface area contributed by atoms with Crippen LogP contribution in [0.15, 0.2) is 5.16 Å². The van der Waals surface area contributed by atoms with Gasteiger partial charge >= 0.3 is 5.97 Å². The van der Waals surface area contributed by atoms with Crippen LogP contribution in [0.25, 0.3) is 0 Å². The van der Waals surface area contributed by atoms with E-state index in [1.807, 2.05) is 11.6 Å². The summed E-state index contributed by atoms with van der Waals surface area (Å²) in [6, 6.07) is 0.349. The topological polar surface area (TPSA) is 71.2 Å². The van der Waals surface area contributed by atoms with E-state index in [0.717, 1.165) is 24.7 Å². The van der Waals surface area contributed by atoms with Crippen molar-refractivity contribution in [3.63, 3.8) is 0 Å². The third kappa shape index (κ3) is 4.59. The van der Waals surface area contributed by atoms with Gasteiger partial charge in [0.25, 0.3) is 0 Å². The second kappa shape index (κ2) is 8.41. The highest BCUT2D eigenvalue weighted by atomic mass is 32.2. The van der Waals surface area contributed by atoms with Gasteiger partial charge in [0.2, 0.25) is 5.95 Å². The van der Waals surface area contributed by atoms with E-state index in [1.54, 1.807) is 11.8 Å². The quantitative estimate of drug-likeness (QED) is 0.699. The maximum absolute atomic E-state index is 10.7. The molecule has 20 heavy (non-hydrogen) atoms. The molecular formula is C12H22N4O2S2. The van der Waals surface area contributed by atoms with Crippen LogP contribution in [0.3, 0.4) is 0 Å². The molecule has 0 spiro atoms. The minimum absolute atomic E-state index is 0.00588. The predicted octanol–water partition coefficient (Wildman–Crippen LogP) is 2.05. The van der Waals surface area contributed by atoms with E-state index in [0.29, 0.717) is 11.2 Å². The number of rotatable bonds is 9. The van der Waals surface area contributed by atoms with Crippen LogP contribution in [0, 0.1) is 0 Å². The van der Waals surface area contributed by atoms with E-state index in [4.69, 9.17) is 5.11 Å². The lowest BCUT2D eigenvalue weighted by Crippen LogP contribution is -2.33. The molecule has 114 valence electrons. The average Bonchev–Trinajstić information content (AvgIpc) is 2.79. The Hall–Kier alpha value is -0.890. The molecule has 1 rings (SSSR count). The molecule has 0 aromatic carbocycles. The minimum Gasteiger partial charge on any atom is -0.481 e. The minimum atomic E-state index is -0.841. The highest BCUT2D eigenvalue weighted by Gasteiger charge is 2.19. The molecule has 1 unspecified atom stereocenters. The fourth-order valence-electron chi connectivity index (χ4n) is 1.74. The lowest BCUT2D eigenvalue weighted by molar-refractivity contribution is -0.133. The molecule has 6 nitrogen and oxygen atoms in total. The predicted molar refractivity (Wildman–Crippen MR) is 84.9 cm³/mol. The largest absolute Gasteiger partial charge is 0.481 e. The van der Waals surface area contributed by atoms with Crippen molar-refractivity contribution in [2.24, 2.45) is 0 Å². The second-order valence-corrected chi connectivity index (χ2v) is 6.39. The van der Waals surface area contributed by atoms with Gasteiger partial charge in [-0.25, -0.2) is 0 Å². The number of hydrogen-bond donors (Lipinski definition) is 1. The third-order valence-corrected chi connectivity index (χ3v) is 4.62. The maximum atomic E-state index is 10.7. The third-order valence-electron chi connectivity index (χ3n) is 2.85. The molecule has 0 bridgehead atoms. The first kappa shape index (κ1) is 17.2. The van der Waals surface area contributed by atoms with Gasteiger partial charge in [-0.1, -0.05) is 18.7 Å². The first-order chi connectivity index (χ1) is 9.51. The summed E-state index contributed by atoms with van der Waals surface area (Å²) in [5.41, 5.74) is 0. The van der Waals surface area contributed by atoms with Crippen molar-refractivity contribution in [1.29, 1.82) is 0 Å². The second-order valence-electron chi connectivity index (χ2n) is 4.53. The number of carboxylic acid groups (broad SMARTS) is 1. The summed E-state index contributed by atoms with van der Waals surface area (Å²) in [5.74, 6) is 0.979. The van der Waals surface area contributed by atoms with Crippen LogP contribution in [-0.4, -0.2) is 56.7 Å². The van der Waals surface area contributed by atoms with Crippen LogP contribution >= 0.6 is 23.5 Å². The number of hydrogen-bond acceptors (Lipinski definition) is 6. The van der Waals surface area contributed by atoms with Gasteiger partial charge in [-0.05, 0) is 19.6 Å². The number of aromatic nitrogens is 3. The Morgan fingerprint density at radius 1 is 1.50 bits per heavy atom. The SMILES string of the molecule is CCCn1c(SCC(=O)O)nnc1N(C)C(C)CSC. The Labute approximate surface area is 128 Å². The van der Waals surface area contributed by atoms with Crippen LogP contribution in [0.1, 0.15) is 20.3 Å². The van der Waals surface area contributed by atoms with Gasteiger partial charge in [0.15, 0.2) is 5.16 Å². The van der Waals surface area contributed by atoms with Crippen LogP contribution in [-0.2, 0) is 11.3 Å². The molecule has 0 radical (unpaired) electrons. The highest BCUT2D eigenvalue weighted by molar-refractivity contribution is 7.99. The van der Waals surface area contributed by atoms with E-state index in [2.05, 4.69) is 35.2 Å². The fraction of sp³-hybridized carbons (Fsp3) is 0.750. The summed E-state index contributed by atoms with van der Waals surface area (Å²) in [4.78, 5) is 12.8. The van der Waals surface area contributed by atoms with Crippen molar-refractivity contribution in [3.05, 3.63) is 0 Å². The number of nitrogens with zero attached hydrogens (tertiary/aromatic N) is 4. The average molecular weight is 318 g/mol. The first-order valence-corrected chi connectivity index (χ1v) is 8.88. The molecular weight excluding hydrogens is 296 g/mol. The molecule has 0 aliphatic heterocycles. The molecule has 0 aliphatic carbocycles. The van der Waals surface area contributed by atoms with Gasteiger partial charge in [0, 0.05) is 25.4 Å². The van der Waals surface area contributed by atoms with Gasteiger partial charge in [0.05, 0.1) is 5.75 Å². The molecule has 0 aliphatic rings. The molecule has 0 saturated carbocycles.